The molecular weight excluding hydrogens is 353 g/mol. The first kappa shape index (κ1) is 16.9. The number of rotatable bonds is 5. The van der Waals surface area contributed by atoms with E-state index >= 15 is 0 Å². The van der Waals surface area contributed by atoms with Gasteiger partial charge >= 0.3 is 5.97 Å². The van der Waals surface area contributed by atoms with Crippen LogP contribution < -0.4 is 10.9 Å². The van der Waals surface area contributed by atoms with Crippen molar-refractivity contribution in [3.8, 4) is 0 Å². The maximum atomic E-state index is 13.8. The molecule has 3 aromatic rings. The molecule has 0 spiro atoms. The van der Waals surface area contributed by atoms with E-state index in [9.17, 15) is 14.0 Å². The van der Waals surface area contributed by atoms with Gasteiger partial charge in [-0.25, -0.2) is 9.37 Å². The standard InChI is InChI=1S/C15H13ClFN5O3/c1-25-13(24)6-8-5-12(23)22-15(19-8)20-14(21-22)18-7-9-10(16)3-2-4-11(9)17/h2-5H,6-7H2,1H3,(H2,18,19,20,21). The third kappa shape index (κ3) is 3.61. The molecule has 0 unspecified atom stereocenters. The minimum atomic E-state index is -0.515. The van der Waals surface area contributed by atoms with Crippen molar-refractivity contribution in [3.63, 3.8) is 0 Å². The van der Waals surface area contributed by atoms with Gasteiger partial charge in [-0.2, -0.15) is 9.50 Å². The van der Waals surface area contributed by atoms with Crippen LogP contribution in [-0.2, 0) is 22.5 Å². The normalized spacial score (nSPS) is 10.8. The number of fused-ring (bicyclic) bond motifs is 1. The smallest absolute Gasteiger partial charge is 0.311 e. The first-order chi connectivity index (χ1) is 12.0. The number of ether oxygens (including phenoxy) is 1. The minimum absolute atomic E-state index is 0.0646. The lowest BCUT2D eigenvalue weighted by atomic mass is 10.2. The summed E-state index contributed by atoms with van der Waals surface area (Å²) >= 11 is 5.96. The van der Waals surface area contributed by atoms with Crippen molar-refractivity contribution in [1.82, 2.24) is 19.6 Å². The summed E-state index contributed by atoms with van der Waals surface area (Å²) < 4.78 is 19.4. The Morgan fingerprint density at radius 1 is 1.44 bits per heavy atom. The molecule has 130 valence electrons. The van der Waals surface area contributed by atoms with E-state index in [2.05, 4.69) is 25.1 Å². The molecule has 2 heterocycles. The van der Waals surface area contributed by atoms with Crippen LogP contribution in [0.5, 0.6) is 0 Å². The zero-order valence-corrected chi connectivity index (χ0v) is 13.8. The Morgan fingerprint density at radius 2 is 2.24 bits per heavy atom. The van der Waals surface area contributed by atoms with Gasteiger partial charge in [0.15, 0.2) is 0 Å². The van der Waals surface area contributed by atoms with E-state index in [1.165, 1.54) is 25.3 Å². The second kappa shape index (κ2) is 6.89. The number of hydrogen-bond acceptors (Lipinski definition) is 6. The van der Waals surface area contributed by atoms with E-state index in [1.54, 1.807) is 6.07 Å². The van der Waals surface area contributed by atoms with E-state index in [0.29, 0.717) is 0 Å². The Bertz CT molecular complexity index is 980. The van der Waals surface area contributed by atoms with Gasteiger partial charge in [-0.3, -0.25) is 14.7 Å². The molecule has 0 saturated carbocycles. The first-order valence-electron chi connectivity index (χ1n) is 7.20. The largest absolute Gasteiger partial charge is 0.469 e. The van der Waals surface area contributed by atoms with Crippen LogP contribution in [0.3, 0.4) is 0 Å². The van der Waals surface area contributed by atoms with Gasteiger partial charge in [0.25, 0.3) is 11.3 Å². The minimum Gasteiger partial charge on any atom is -0.469 e. The lowest BCUT2D eigenvalue weighted by Gasteiger charge is -2.06. The second-order valence-electron chi connectivity index (χ2n) is 5.10. The molecule has 0 bridgehead atoms. The topological polar surface area (TPSA) is 101 Å². The SMILES string of the molecule is COC(=O)Cc1cc(=O)n2[nH]c(NCc3c(F)cccc3Cl)nc2n1. The molecule has 0 aliphatic rings. The summed E-state index contributed by atoms with van der Waals surface area (Å²) in [5.41, 5.74) is 0.0803. The fourth-order valence-corrected chi connectivity index (χ4v) is 2.42. The highest BCUT2D eigenvalue weighted by atomic mass is 35.5. The van der Waals surface area contributed by atoms with E-state index in [1.807, 2.05) is 0 Å². The average Bonchev–Trinajstić information content (AvgIpc) is 2.98. The number of aromatic nitrogens is 4. The van der Waals surface area contributed by atoms with Crippen molar-refractivity contribution in [3.05, 3.63) is 56.7 Å². The second-order valence-corrected chi connectivity index (χ2v) is 5.51. The number of esters is 1. The third-order valence-corrected chi connectivity index (χ3v) is 3.79. The van der Waals surface area contributed by atoms with Crippen LogP contribution >= 0.6 is 11.6 Å². The number of nitrogens with zero attached hydrogens (tertiary/aromatic N) is 3. The van der Waals surface area contributed by atoms with Crippen molar-refractivity contribution >= 4 is 29.3 Å². The molecule has 10 heteroatoms. The van der Waals surface area contributed by atoms with E-state index in [4.69, 9.17) is 11.6 Å². The third-order valence-electron chi connectivity index (χ3n) is 3.43. The highest BCUT2D eigenvalue weighted by Crippen LogP contribution is 2.19. The number of hydrogen-bond donors (Lipinski definition) is 2. The van der Waals surface area contributed by atoms with Gasteiger partial charge in [-0.05, 0) is 12.1 Å². The molecule has 0 aliphatic heterocycles. The number of carbonyl (C=O) groups is 1. The summed E-state index contributed by atoms with van der Waals surface area (Å²) in [6, 6.07) is 5.59. The summed E-state index contributed by atoms with van der Waals surface area (Å²) in [5, 5.41) is 5.83. The number of anilines is 1. The highest BCUT2D eigenvalue weighted by molar-refractivity contribution is 6.31. The van der Waals surface area contributed by atoms with E-state index in [0.717, 1.165) is 4.52 Å². The van der Waals surface area contributed by atoms with Gasteiger partial charge in [-0.1, -0.05) is 17.7 Å². The molecule has 0 amide bonds. The van der Waals surface area contributed by atoms with Gasteiger partial charge in [-0.15, -0.1) is 0 Å². The van der Waals surface area contributed by atoms with E-state index in [-0.39, 0.29) is 41.0 Å². The van der Waals surface area contributed by atoms with Crippen LogP contribution in [0.15, 0.2) is 29.1 Å². The molecule has 3 rings (SSSR count). The predicted molar refractivity (Wildman–Crippen MR) is 88.1 cm³/mol. The Balaban J connectivity index is 1.85. The Kier molecular flexibility index (Phi) is 4.66. The lowest BCUT2D eigenvalue weighted by Crippen LogP contribution is -2.17. The maximum absolute atomic E-state index is 13.8. The summed E-state index contributed by atoms with van der Waals surface area (Å²) in [4.78, 5) is 31.6. The fourth-order valence-electron chi connectivity index (χ4n) is 2.19. The van der Waals surface area contributed by atoms with Gasteiger partial charge in [0, 0.05) is 23.2 Å². The molecule has 25 heavy (non-hydrogen) atoms. The van der Waals surface area contributed by atoms with Crippen molar-refractivity contribution in [2.24, 2.45) is 0 Å². The Labute approximate surface area is 145 Å². The molecule has 8 nitrogen and oxygen atoms in total. The van der Waals surface area contributed by atoms with Gasteiger partial charge in [0.2, 0.25) is 5.95 Å². The van der Waals surface area contributed by atoms with Crippen LogP contribution in [-0.4, -0.2) is 32.7 Å². The van der Waals surface area contributed by atoms with Crippen molar-refractivity contribution in [2.75, 3.05) is 12.4 Å². The Morgan fingerprint density at radius 3 is 2.96 bits per heavy atom. The van der Waals surface area contributed by atoms with Gasteiger partial charge in [0.1, 0.15) is 5.82 Å². The molecule has 0 saturated heterocycles. The molecule has 0 atom stereocenters. The molecule has 2 N–H and O–H groups in total. The zero-order valence-electron chi connectivity index (χ0n) is 13.0. The van der Waals surface area contributed by atoms with E-state index < -0.39 is 17.3 Å². The van der Waals surface area contributed by atoms with Crippen LogP contribution in [0.25, 0.3) is 5.78 Å². The quantitative estimate of drug-likeness (QED) is 0.665. The number of carbonyl (C=O) groups excluding carboxylic acids is 1. The number of methoxy groups -OCH3 is 1. The Hall–Kier alpha value is -2.94. The number of halogens is 2. The maximum Gasteiger partial charge on any atom is 0.311 e. The summed E-state index contributed by atoms with van der Waals surface area (Å²) in [5.74, 6) is -0.682. The highest BCUT2D eigenvalue weighted by Gasteiger charge is 2.12. The summed E-state index contributed by atoms with van der Waals surface area (Å²) in [7, 11) is 1.25. The molecule has 1 aromatic carbocycles. The van der Waals surface area contributed by atoms with Gasteiger partial charge < -0.3 is 10.1 Å². The number of nitrogens with one attached hydrogen (secondary N) is 2. The van der Waals surface area contributed by atoms with Crippen molar-refractivity contribution in [2.45, 2.75) is 13.0 Å². The monoisotopic (exact) mass is 365 g/mol. The average molecular weight is 366 g/mol. The number of benzene rings is 1. The fraction of sp³-hybridized carbons (Fsp3) is 0.200. The predicted octanol–water partition coefficient (Wildman–Crippen LogP) is 1.54. The molecular formula is C15H13ClFN5O3. The van der Waals surface area contributed by atoms with Crippen LogP contribution in [0.4, 0.5) is 10.3 Å². The summed E-state index contributed by atoms with van der Waals surface area (Å²) in [6.07, 6.45) is -0.136. The van der Waals surface area contributed by atoms with Crippen molar-refractivity contribution in [1.29, 1.82) is 0 Å². The van der Waals surface area contributed by atoms with Crippen molar-refractivity contribution < 1.29 is 13.9 Å². The number of aromatic amines is 1. The molecule has 0 fully saturated rings. The lowest BCUT2D eigenvalue weighted by molar-refractivity contribution is -0.139. The summed E-state index contributed by atoms with van der Waals surface area (Å²) in [6.45, 7) is 0.0646. The van der Waals surface area contributed by atoms with Crippen LogP contribution in [0.2, 0.25) is 5.02 Å². The molecule has 0 aliphatic carbocycles. The van der Waals surface area contributed by atoms with Crippen LogP contribution in [0.1, 0.15) is 11.3 Å². The molecule has 2 aromatic heterocycles. The van der Waals surface area contributed by atoms with Gasteiger partial charge in [0.05, 0.1) is 19.2 Å². The zero-order chi connectivity index (χ0) is 18.0. The molecule has 0 radical (unpaired) electrons. The number of H-pyrrole nitrogens is 1. The first-order valence-corrected chi connectivity index (χ1v) is 7.58. The van der Waals surface area contributed by atoms with Crippen LogP contribution in [0, 0.1) is 5.82 Å².